The first-order valence-corrected chi connectivity index (χ1v) is 14.4. The molecule has 0 aliphatic carbocycles. The number of carbonyl (C=O) groups excluding carboxylic acids is 1. The molecule has 1 aromatic heterocycles. The highest BCUT2D eigenvalue weighted by atomic mass is 32.2. The third-order valence-corrected chi connectivity index (χ3v) is 8.24. The van der Waals surface area contributed by atoms with Gasteiger partial charge in [0.1, 0.15) is 5.78 Å². The first-order valence-electron chi connectivity index (χ1n) is 12.1. The number of benzene rings is 3. The lowest BCUT2D eigenvalue weighted by Gasteiger charge is -2.16. The fraction of sp³-hybridized carbons (Fsp3) is 0.156. The summed E-state index contributed by atoms with van der Waals surface area (Å²) < 4.78 is 0. The molecule has 2 nitrogen and oxygen atoms in total. The molecule has 5 heteroatoms. The lowest BCUT2D eigenvalue weighted by Crippen LogP contribution is -2.05. The van der Waals surface area contributed by atoms with E-state index in [1.807, 2.05) is 36.4 Å². The molecule has 2 N–H and O–H groups in total. The number of rotatable bonds is 8. The Bertz CT molecular complexity index is 1320. The molecule has 0 bridgehead atoms. The van der Waals surface area contributed by atoms with E-state index < -0.39 is 0 Å². The summed E-state index contributed by atoms with van der Waals surface area (Å²) in [7, 11) is 2.75. The van der Waals surface area contributed by atoms with Crippen molar-refractivity contribution in [1.82, 2.24) is 0 Å². The number of nitrogens with two attached hydrogens (primary N) is 1. The van der Waals surface area contributed by atoms with Crippen molar-refractivity contribution in [3.05, 3.63) is 135 Å². The van der Waals surface area contributed by atoms with Gasteiger partial charge in [0.25, 0.3) is 0 Å². The number of hydrogen-bond acceptors (Lipinski definition) is 4. The molecule has 37 heavy (non-hydrogen) atoms. The minimum absolute atomic E-state index is 0.176. The van der Waals surface area contributed by atoms with E-state index in [-0.39, 0.29) is 11.7 Å². The van der Waals surface area contributed by atoms with E-state index >= 15 is 0 Å². The average Bonchev–Trinajstić information content (AvgIpc) is 3.37. The molecule has 190 valence electrons. The molecular weight excluding hydrogens is 509 g/mol. The molecule has 4 aromatic rings. The van der Waals surface area contributed by atoms with Crippen molar-refractivity contribution in [1.29, 1.82) is 0 Å². The minimum Gasteiger partial charge on any atom is -0.394 e. The first kappa shape index (κ1) is 28.7. The van der Waals surface area contributed by atoms with Gasteiger partial charge in [-0.15, -0.1) is 20.6 Å². The molecule has 1 atom stereocenters. The Kier molecular flexibility index (Phi) is 11.0. The van der Waals surface area contributed by atoms with Crippen LogP contribution in [0.25, 0.3) is 16.0 Å². The summed E-state index contributed by atoms with van der Waals surface area (Å²) in [5.41, 5.74) is 11.9. The zero-order valence-corrected chi connectivity index (χ0v) is 24.4. The van der Waals surface area contributed by atoms with E-state index in [0.717, 1.165) is 0 Å². The predicted octanol–water partition coefficient (Wildman–Crippen LogP) is 9.25. The number of thioether (sulfide) groups is 1. The van der Waals surface area contributed by atoms with Gasteiger partial charge in [0.2, 0.25) is 0 Å². The molecule has 3 aromatic carbocycles. The quantitative estimate of drug-likeness (QED) is 0.225. The third-order valence-electron chi connectivity index (χ3n) is 5.66. The standard InChI is InChI=1S/C16H18NPS2.C16H16O/c1-10-5-4-6-13(7-10)14-8-15(19-9-14)16(11(2)18)20-12(3)17;1-13(17)12-16(14-8-4-2-5-9-14)15-10-6-3-7-11-15/h4-9H,3,17-18H2,1-2H3;2-11,16H,12H2,1H3/b16-11+;. The first-order chi connectivity index (χ1) is 17.7. The van der Waals surface area contributed by atoms with Gasteiger partial charge in [-0.05, 0) is 59.8 Å². The summed E-state index contributed by atoms with van der Waals surface area (Å²) in [5, 5.41) is 3.99. The largest absolute Gasteiger partial charge is 0.394 e. The summed E-state index contributed by atoms with van der Waals surface area (Å²) in [5.74, 6) is 0.401. The van der Waals surface area contributed by atoms with E-state index in [2.05, 4.69) is 89.6 Å². The normalized spacial score (nSPS) is 11.4. The summed E-state index contributed by atoms with van der Waals surface area (Å²) in [6.45, 7) is 9.62. The summed E-state index contributed by atoms with van der Waals surface area (Å²) in [4.78, 5) is 13.8. The zero-order chi connectivity index (χ0) is 26.8. The molecule has 1 heterocycles. The average molecular weight is 544 g/mol. The Morgan fingerprint density at radius 1 is 0.919 bits per heavy atom. The molecule has 0 fully saturated rings. The number of aryl methyl sites for hydroxylation is 1. The molecule has 1 unspecified atom stereocenters. The van der Waals surface area contributed by atoms with Crippen molar-refractivity contribution in [2.45, 2.75) is 33.1 Å². The molecule has 0 saturated heterocycles. The van der Waals surface area contributed by atoms with Crippen LogP contribution in [0.15, 0.2) is 113 Å². The van der Waals surface area contributed by atoms with Crippen LogP contribution in [0.3, 0.4) is 0 Å². The summed E-state index contributed by atoms with van der Waals surface area (Å²) in [6, 6.07) is 31.2. The van der Waals surface area contributed by atoms with Crippen LogP contribution in [-0.4, -0.2) is 5.78 Å². The molecule has 0 amide bonds. The fourth-order valence-electron chi connectivity index (χ4n) is 3.97. The highest BCUT2D eigenvalue weighted by Gasteiger charge is 2.15. The molecular formula is C32H34NOPS2. The second-order valence-electron chi connectivity index (χ2n) is 8.93. The minimum atomic E-state index is 0.176. The third kappa shape index (κ3) is 8.86. The molecule has 0 aliphatic heterocycles. The number of ketones is 1. The Hall–Kier alpha value is -2.91. The Morgan fingerprint density at radius 3 is 2.00 bits per heavy atom. The van der Waals surface area contributed by atoms with Crippen LogP contribution in [0.2, 0.25) is 0 Å². The van der Waals surface area contributed by atoms with Crippen molar-refractivity contribution in [3.8, 4) is 11.1 Å². The van der Waals surface area contributed by atoms with Crippen LogP contribution >= 0.6 is 32.3 Å². The second kappa shape index (κ2) is 14.1. The van der Waals surface area contributed by atoms with Crippen molar-refractivity contribution >= 4 is 43.0 Å². The van der Waals surface area contributed by atoms with E-state index in [0.29, 0.717) is 11.4 Å². The maximum absolute atomic E-state index is 11.4. The number of Topliss-reactive ketones (excluding diaryl/α,β-unsaturated/α-hetero) is 1. The topological polar surface area (TPSA) is 43.1 Å². The van der Waals surface area contributed by atoms with Gasteiger partial charge in [0.15, 0.2) is 0 Å². The molecule has 0 saturated carbocycles. The molecule has 4 rings (SSSR count). The summed E-state index contributed by atoms with van der Waals surface area (Å²) in [6.07, 6.45) is 0.564. The second-order valence-corrected chi connectivity index (χ2v) is 11.8. The van der Waals surface area contributed by atoms with E-state index in [9.17, 15) is 4.79 Å². The highest BCUT2D eigenvalue weighted by molar-refractivity contribution is 8.12. The van der Waals surface area contributed by atoms with Crippen LogP contribution < -0.4 is 5.73 Å². The molecule has 0 radical (unpaired) electrons. The Balaban J connectivity index is 0.000000208. The molecule has 0 spiro atoms. The van der Waals surface area contributed by atoms with E-state index in [1.54, 1.807) is 18.3 Å². The van der Waals surface area contributed by atoms with Gasteiger partial charge in [-0.1, -0.05) is 109 Å². The highest BCUT2D eigenvalue weighted by Crippen LogP contribution is 2.40. The SMILES string of the molecule is C=C(N)S/C(=C(\C)P)c1cc(-c2cccc(C)c2)cs1.CC(=O)CC(c1ccccc1)c1ccccc1. The van der Waals surface area contributed by atoms with Crippen molar-refractivity contribution < 1.29 is 4.79 Å². The van der Waals surface area contributed by atoms with Crippen LogP contribution in [0.4, 0.5) is 0 Å². The van der Waals surface area contributed by atoms with Crippen molar-refractivity contribution in [2.24, 2.45) is 5.73 Å². The van der Waals surface area contributed by atoms with Gasteiger partial charge in [0, 0.05) is 22.1 Å². The van der Waals surface area contributed by atoms with Crippen LogP contribution in [-0.2, 0) is 4.79 Å². The van der Waals surface area contributed by atoms with Gasteiger partial charge in [-0.25, -0.2) is 0 Å². The van der Waals surface area contributed by atoms with Gasteiger partial charge >= 0.3 is 0 Å². The van der Waals surface area contributed by atoms with Crippen molar-refractivity contribution in [2.75, 3.05) is 0 Å². The van der Waals surface area contributed by atoms with E-state index in [1.165, 1.54) is 54.7 Å². The van der Waals surface area contributed by atoms with Crippen molar-refractivity contribution in [3.63, 3.8) is 0 Å². The number of carbonyl (C=O) groups is 1. The van der Waals surface area contributed by atoms with E-state index in [4.69, 9.17) is 5.73 Å². The number of thiophene rings is 1. The van der Waals surface area contributed by atoms with Gasteiger partial charge in [0.05, 0.1) is 5.03 Å². The number of allylic oxidation sites excluding steroid dienone is 1. The summed E-state index contributed by atoms with van der Waals surface area (Å²) >= 11 is 3.26. The fourth-order valence-corrected chi connectivity index (χ4v) is 6.18. The smallest absolute Gasteiger partial charge is 0.130 e. The lowest BCUT2D eigenvalue weighted by atomic mass is 9.87. The van der Waals surface area contributed by atoms with Gasteiger partial charge in [-0.2, -0.15) is 0 Å². The maximum atomic E-state index is 11.4. The van der Waals surface area contributed by atoms with Gasteiger partial charge in [-0.3, -0.25) is 4.79 Å². The predicted molar refractivity (Wildman–Crippen MR) is 168 cm³/mol. The lowest BCUT2D eigenvalue weighted by molar-refractivity contribution is -0.117. The van der Waals surface area contributed by atoms with Crippen LogP contribution in [0.1, 0.15) is 47.8 Å². The number of hydrogen-bond donors (Lipinski definition) is 1. The van der Waals surface area contributed by atoms with Gasteiger partial charge < -0.3 is 5.73 Å². The monoisotopic (exact) mass is 543 g/mol. The zero-order valence-electron chi connectivity index (χ0n) is 21.6. The Morgan fingerprint density at radius 2 is 1.51 bits per heavy atom. The molecule has 0 aliphatic rings. The maximum Gasteiger partial charge on any atom is 0.130 e. The van der Waals surface area contributed by atoms with Crippen LogP contribution in [0, 0.1) is 6.92 Å². The Labute approximate surface area is 231 Å². The van der Waals surface area contributed by atoms with Crippen LogP contribution in [0.5, 0.6) is 0 Å².